The topological polar surface area (TPSA) is 123 Å². The summed E-state index contributed by atoms with van der Waals surface area (Å²) < 4.78 is 0. The van der Waals surface area contributed by atoms with Gasteiger partial charge in [-0.2, -0.15) is 0 Å². The second-order valence-corrected chi connectivity index (χ2v) is 2.44. The molecule has 0 saturated carbocycles. The Morgan fingerprint density at radius 1 is 1.23 bits per heavy atom. The predicted molar refractivity (Wildman–Crippen MR) is 48.8 cm³/mol. The summed E-state index contributed by atoms with van der Waals surface area (Å²) in [5.41, 5.74) is 11.4. The molecule has 1 aromatic heterocycles. The van der Waals surface area contributed by atoms with Crippen molar-refractivity contribution in [2.24, 2.45) is 0 Å². The van der Waals surface area contributed by atoms with Crippen molar-refractivity contribution in [1.82, 2.24) is 15.4 Å². The summed E-state index contributed by atoms with van der Waals surface area (Å²) in [6.45, 7) is 0.678. The highest BCUT2D eigenvalue weighted by atomic mass is 16.3. The van der Waals surface area contributed by atoms with Gasteiger partial charge < -0.3 is 21.9 Å². The zero-order valence-electron chi connectivity index (χ0n) is 7.06. The first-order valence-electron chi connectivity index (χ1n) is 3.84. The van der Waals surface area contributed by atoms with Crippen molar-refractivity contribution in [1.29, 1.82) is 0 Å². The molecule has 0 bridgehead atoms. The summed E-state index contributed by atoms with van der Waals surface area (Å²) in [4.78, 5) is 0. The van der Waals surface area contributed by atoms with Crippen LogP contribution in [0.15, 0.2) is 0 Å². The molecule has 0 unspecified atom stereocenters. The van der Waals surface area contributed by atoms with E-state index in [1.54, 1.807) is 0 Å². The third-order valence-corrected chi connectivity index (χ3v) is 1.45. The molecule has 0 aliphatic rings. The van der Waals surface area contributed by atoms with Crippen molar-refractivity contribution >= 4 is 17.3 Å². The van der Waals surface area contributed by atoms with E-state index in [0.29, 0.717) is 18.7 Å². The molecule has 7 nitrogen and oxygen atoms in total. The van der Waals surface area contributed by atoms with Gasteiger partial charge in [0.05, 0.1) is 0 Å². The van der Waals surface area contributed by atoms with Crippen LogP contribution in [0.25, 0.3) is 0 Å². The highest BCUT2D eigenvalue weighted by Crippen LogP contribution is 2.19. The minimum Gasteiger partial charge on any atom is -0.396 e. The summed E-state index contributed by atoms with van der Waals surface area (Å²) >= 11 is 0. The third-order valence-electron chi connectivity index (χ3n) is 1.45. The Balaban J connectivity index is 2.64. The number of anilines is 3. The van der Waals surface area contributed by atoms with E-state index < -0.39 is 0 Å². The highest BCUT2D eigenvalue weighted by Gasteiger charge is 2.05. The molecule has 1 aromatic rings. The monoisotopic (exact) mass is 184 g/mol. The molecule has 13 heavy (non-hydrogen) atoms. The van der Waals surface area contributed by atoms with E-state index in [9.17, 15) is 0 Å². The molecule has 72 valence electrons. The number of hydrogen-bond donors (Lipinski definition) is 4. The summed E-state index contributed by atoms with van der Waals surface area (Å²) in [5.74, 6) is 0.427. The van der Waals surface area contributed by atoms with Crippen molar-refractivity contribution in [3.05, 3.63) is 0 Å². The molecule has 0 aromatic carbocycles. The van der Waals surface area contributed by atoms with E-state index >= 15 is 0 Å². The first-order chi connectivity index (χ1) is 6.25. The normalized spacial score (nSPS) is 9.92. The fraction of sp³-hybridized carbons (Fsp3) is 0.500. The summed E-state index contributed by atoms with van der Waals surface area (Å²) in [7, 11) is 0. The Morgan fingerprint density at radius 3 is 2.38 bits per heavy atom. The molecule has 0 fully saturated rings. The van der Waals surface area contributed by atoms with Crippen molar-refractivity contribution in [3.8, 4) is 0 Å². The second kappa shape index (κ2) is 4.41. The molecule has 0 aliphatic carbocycles. The average Bonchev–Trinajstić information content (AvgIpc) is 2.10. The van der Waals surface area contributed by atoms with Crippen LogP contribution in [0.2, 0.25) is 0 Å². The maximum atomic E-state index is 8.54. The van der Waals surface area contributed by atoms with Crippen LogP contribution in [0.4, 0.5) is 17.3 Å². The molecule has 1 heterocycles. The Kier molecular flexibility index (Phi) is 3.21. The SMILES string of the molecule is Nc1nnnc(N)c1NCCCO. The van der Waals surface area contributed by atoms with Crippen molar-refractivity contribution in [2.75, 3.05) is 29.9 Å². The van der Waals surface area contributed by atoms with Gasteiger partial charge in [0, 0.05) is 13.2 Å². The summed E-state index contributed by atoms with van der Waals surface area (Å²) in [5, 5.41) is 21.8. The number of nitrogens with two attached hydrogens (primary N) is 2. The van der Waals surface area contributed by atoms with E-state index in [1.807, 2.05) is 0 Å². The van der Waals surface area contributed by atoms with Crippen molar-refractivity contribution < 1.29 is 5.11 Å². The number of nitrogens with zero attached hydrogens (tertiary/aromatic N) is 3. The van der Waals surface area contributed by atoms with Gasteiger partial charge in [-0.1, -0.05) is 0 Å². The second-order valence-electron chi connectivity index (χ2n) is 2.44. The molecule has 0 radical (unpaired) electrons. The van der Waals surface area contributed by atoms with Gasteiger partial charge in [0.2, 0.25) is 0 Å². The predicted octanol–water partition coefficient (Wildman–Crippen LogP) is -1.17. The van der Waals surface area contributed by atoms with Gasteiger partial charge in [-0.05, 0) is 11.6 Å². The van der Waals surface area contributed by atoms with Gasteiger partial charge in [-0.3, -0.25) is 0 Å². The molecular weight excluding hydrogens is 172 g/mol. The van der Waals surface area contributed by atoms with Crippen LogP contribution in [-0.4, -0.2) is 33.7 Å². The maximum Gasteiger partial charge on any atom is 0.175 e. The number of nitrogens with one attached hydrogen (secondary N) is 1. The van der Waals surface area contributed by atoms with E-state index in [-0.39, 0.29) is 18.2 Å². The van der Waals surface area contributed by atoms with Crippen LogP contribution in [0, 0.1) is 0 Å². The molecule has 0 atom stereocenters. The lowest BCUT2D eigenvalue weighted by atomic mass is 10.4. The van der Waals surface area contributed by atoms with Crippen LogP contribution in [0.1, 0.15) is 6.42 Å². The van der Waals surface area contributed by atoms with E-state index in [4.69, 9.17) is 16.6 Å². The Labute approximate surface area is 75.1 Å². The maximum absolute atomic E-state index is 8.54. The molecule has 6 N–H and O–H groups in total. The molecular formula is C6H12N6O. The zero-order valence-corrected chi connectivity index (χ0v) is 7.06. The van der Waals surface area contributed by atoms with E-state index in [1.165, 1.54) is 0 Å². The lowest BCUT2D eigenvalue weighted by Gasteiger charge is -2.07. The lowest BCUT2D eigenvalue weighted by Crippen LogP contribution is -2.11. The number of aliphatic hydroxyl groups excluding tert-OH is 1. The highest BCUT2D eigenvalue weighted by molar-refractivity contribution is 5.72. The van der Waals surface area contributed by atoms with Gasteiger partial charge in [0.1, 0.15) is 5.69 Å². The smallest absolute Gasteiger partial charge is 0.175 e. The molecule has 1 rings (SSSR count). The molecule has 0 amide bonds. The van der Waals surface area contributed by atoms with Crippen LogP contribution >= 0.6 is 0 Å². The molecule has 0 aliphatic heterocycles. The lowest BCUT2D eigenvalue weighted by molar-refractivity contribution is 0.292. The van der Waals surface area contributed by atoms with Gasteiger partial charge >= 0.3 is 0 Å². The fourth-order valence-electron chi connectivity index (χ4n) is 0.824. The van der Waals surface area contributed by atoms with Crippen LogP contribution in [-0.2, 0) is 0 Å². The van der Waals surface area contributed by atoms with Crippen LogP contribution in [0.3, 0.4) is 0 Å². The average molecular weight is 184 g/mol. The van der Waals surface area contributed by atoms with E-state index in [0.717, 1.165) is 0 Å². The van der Waals surface area contributed by atoms with Crippen LogP contribution in [0.5, 0.6) is 0 Å². The van der Waals surface area contributed by atoms with Crippen LogP contribution < -0.4 is 16.8 Å². The number of aromatic nitrogens is 3. The largest absolute Gasteiger partial charge is 0.396 e. The first kappa shape index (κ1) is 9.46. The van der Waals surface area contributed by atoms with E-state index in [2.05, 4.69) is 20.7 Å². The third kappa shape index (κ3) is 2.41. The quantitative estimate of drug-likeness (QED) is 0.435. The molecule has 7 heteroatoms. The molecule has 0 spiro atoms. The Bertz CT molecular complexity index is 258. The summed E-state index contributed by atoms with van der Waals surface area (Å²) in [6, 6.07) is 0. The minimum absolute atomic E-state index is 0.110. The number of rotatable bonds is 4. The minimum atomic E-state index is 0.110. The van der Waals surface area contributed by atoms with Crippen molar-refractivity contribution in [2.45, 2.75) is 6.42 Å². The molecule has 0 saturated heterocycles. The van der Waals surface area contributed by atoms with Crippen molar-refractivity contribution in [3.63, 3.8) is 0 Å². The first-order valence-corrected chi connectivity index (χ1v) is 3.84. The number of aliphatic hydroxyl groups is 1. The zero-order chi connectivity index (χ0) is 9.68. The van der Waals surface area contributed by atoms with Gasteiger partial charge in [-0.25, -0.2) is 0 Å². The van der Waals surface area contributed by atoms with Gasteiger partial charge in [-0.15, -0.1) is 10.2 Å². The fourth-order valence-corrected chi connectivity index (χ4v) is 0.824. The number of nitrogen functional groups attached to an aromatic ring is 2. The number of hydrogen-bond acceptors (Lipinski definition) is 7. The Morgan fingerprint density at radius 2 is 1.85 bits per heavy atom. The van der Waals surface area contributed by atoms with Gasteiger partial charge in [0.15, 0.2) is 11.6 Å². The Hall–Kier alpha value is -1.63. The standard InChI is InChI=1S/C6H12N6O/c7-5-4(9-2-1-3-13)6(8)11-12-10-5/h13H,1-3H2,(H,9,12)(H4,7,8,10,11). The van der Waals surface area contributed by atoms with Gasteiger partial charge in [0.25, 0.3) is 0 Å². The summed E-state index contributed by atoms with van der Waals surface area (Å²) in [6.07, 6.45) is 0.612.